The van der Waals surface area contributed by atoms with Crippen LogP contribution in [0.15, 0.2) is 28.0 Å². The summed E-state index contributed by atoms with van der Waals surface area (Å²) in [4.78, 5) is 28.4. The van der Waals surface area contributed by atoms with Crippen LogP contribution in [0.5, 0.6) is 5.75 Å². The maximum atomic E-state index is 12.6. The molecule has 3 aromatic rings. The number of amides is 1. The lowest BCUT2D eigenvalue weighted by molar-refractivity contribution is -0.142. The first-order valence-corrected chi connectivity index (χ1v) is 11.0. The summed E-state index contributed by atoms with van der Waals surface area (Å²) < 4.78 is 16.5. The third-order valence-electron chi connectivity index (χ3n) is 4.76. The van der Waals surface area contributed by atoms with Gasteiger partial charge < -0.3 is 13.9 Å². The molecule has 2 heterocycles. The van der Waals surface area contributed by atoms with Gasteiger partial charge in [0.15, 0.2) is 5.13 Å². The van der Waals surface area contributed by atoms with Gasteiger partial charge in [0, 0.05) is 28.5 Å². The molecule has 164 valence electrons. The van der Waals surface area contributed by atoms with Gasteiger partial charge in [-0.1, -0.05) is 0 Å². The largest absolute Gasteiger partial charge is 0.493 e. The number of hydrogen-bond acceptors (Lipinski definition) is 7. The van der Waals surface area contributed by atoms with Gasteiger partial charge in [-0.15, -0.1) is 11.3 Å². The molecule has 31 heavy (non-hydrogen) atoms. The van der Waals surface area contributed by atoms with Gasteiger partial charge >= 0.3 is 5.97 Å². The van der Waals surface area contributed by atoms with E-state index in [2.05, 4.69) is 10.3 Å². The number of anilines is 1. The molecule has 0 radical (unpaired) electrons. The summed E-state index contributed by atoms with van der Waals surface area (Å²) in [5.41, 5.74) is 3.97. The second-order valence-electron chi connectivity index (χ2n) is 7.00. The summed E-state index contributed by atoms with van der Waals surface area (Å²) in [5, 5.41) is 5.90. The molecule has 0 fully saturated rings. The molecule has 0 unspecified atom stereocenters. The van der Waals surface area contributed by atoms with Crippen molar-refractivity contribution in [2.75, 3.05) is 18.5 Å². The number of furan rings is 1. The highest BCUT2D eigenvalue weighted by atomic mass is 32.1. The summed E-state index contributed by atoms with van der Waals surface area (Å²) in [5.74, 6) is 0.870. The van der Waals surface area contributed by atoms with Gasteiger partial charge in [0.05, 0.1) is 25.3 Å². The Morgan fingerprint density at radius 3 is 2.71 bits per heavy atom. The Labute approximate surface area is 185 Å². The van der Waals surface area contributed by atoms with E-state index < -0.39 is 0 Å². The Hall–Kier alpha value is -3.13. The summed E-state index contributed by atoms with van der Waals surface area (Å²) in [6.45, 7) is 10.3. The molecule has 1 N–H and O–H groups in total. The molecule has 0 aliphatic heterocycles. The smallest absolute Gasteiger partial charge is 0.311 e. The fraction of sp³-hybridized carbons (Fsp3) is 0.348. The number of esters is 1. The van der Waals surface area contributed by atoms with Gasteiger partial charge in [0.1, 0.15) is 17.1 Å². The monoisotopic (exact) mass is 442 g/mol. The van der Waals surface area contributed by atoms with E-state index in [1.54, 1.807) is 12.3 Å². The van der Waals surface area contributed by atoms with E-state index >= 15 is 0 Å². The summed E-state index contributed by atoms with van der Waals surface area (Å²) in [7, 11) is 0. The maximum absolute atomic E-state index is 12.6. The molecule has 0 spiro atoms. The Morgan fingerprint density at radius 2 is 2.00 bits per heavy atom. The van der Waals surface area contributed by atoms with E-state index in [0.717, 1.165) is 33.4 Å². The van der Waals surface area contributed by atoms with Crippen molar-refractivity contribution in [3.05, 3.63) is 46.2 Å². The second-order valence-corrected chi connectivity index (χ2v) is 7.86. The number of nitrogens with zero attached hydrogens (tertiary/aromatic N) is 1. The van der Waals surface area contributed by atoms with Crippen molar-refractivity contribution in [3.63, 3.8) is 0 Å². The second kappa shape index (κ2) is 9.78. The van der Waals surface area contributed by atoms with Crippen molar-refractivity contribution in [2.24, 2.45) is 0 Å². The third-order valence-corrected chi connectivity index (χ3v) is 5.57. The van der Waals surface area contributed by atoms with Gasteiger partial charge in [-0.25, -0.2) is 4.98 Å². The first-order valence-electron chi connectivity index (χ1n) is 10.1. The van der Waals surface area contributed by atoms with Crippen LogP contribution in [0.4, 0.5) is 5.13 Å². The number of nitrogens with one attached hydrogen (secondary N) is 1. The van der Waals surface area contributed by atoms with Crippen molar-refractivity contribution in [3.8, 4) is 5.75 Å². The molecule has 0 aliphatic carbocycles. The van der Waals surface area contributed by atoms with Crippen LogP contribution < -0.4 is 10.1 Å². The zero-order chi connectivity index (χ0) is 22.5. The minimum absolute atomic E-state index is 0.0796. The lowest BCUT2D eigenvalue weighted by Crippen LogP contribution is -2.10. The van der Waals surface area contributed by atoms with E-state index in [1.165, 1.54) is 17.4 Å². The lowest BCUT2D eigenvalue weighted by atomic mass is 10.0. The molecule has 3 rings (SSSR count). The van der Waals surface area contributed by atoms with Crippen molar-refractivity contribution < 1.29 is 23.5 Å². The minimum Gasteiger partial charge on any atom is -0.493 e. The first kappa shape index (κ1) is 22.6. The van der Waals surface area contributed by atoms with E-state index in [1.807, 2.05) is 39.8 Å². The molecule has 1 aromatic carbocycles. The van der Waals surface area contributed by atoms with Crippen molar-refractivity contribution >= 4 is 44.9 Å². The van der Waals surface area contributed by atoms with E-state index in [4.69, 9.17) is 13.9 Å². The maximum Gasteiger partial charge on any atom is 0.311 e. The lowest BCUT2D eigenvalue weighted by Gasteiger charge is -2.11. The van der Waals surface area contributed by atoms with Crippen LogP contribution in [0.2, 0.25) is 0 Å². The molecular weight excluding hydrogens is 416 g/mol. The molecular formula is C23H26N2O5S. The predicted octanol–water partition coefficient (Wildman–Crippen LogP) is 5.05. The van der Waals surface area contributed by atoms with Crippen LogP contribution in [0.1, 0.15) is 43.4 Å². The fourth-order valence-corrected chi connectivity index (χ4v) is 3.89. The number of aromatic nitrogens is 1. The molecule has 1 amide bonds. The first-order chi connectivity index (χ1) is 14.8. The summed E-state index contributed by atoms with van der Waals surface area (Å²) in [6.07, 6.45) is 1.59. The van der Waals surface area contributed by atoms with Gasteiger partial charge in [-0.3, -0.25) is 14.9 Å². The quantitative estimate of drug-likeness (QED) is 0.388. The van der Waals surface area contributed by atoms with Crippen molar-refractivity contribution in [2.45, 2.75) is 41.0 Å². The van der Waals surface area contributed by atoms with Crippen LogP contribution in [0.25, 0.3) is 16.5 Å². The highest BCUT2D eigenvalue weighted by Crippen LogP contribution is 2.35. The number of benzene rings is 1. The molecule has 0 bridgehead atoms. The summed E-state index contributed by atoms with van der Waals surface area (Å²) in [6, 6.07) is 3.86. The molecule has 8 heteroatoms. The Bertz CT molecular complexity index is 1140. The van der Waals surface area contributed by atoms with Crippen LogP contribution in [-0.4, -0.2) is 30.1 Å². The highest BCUT2D eigenvalue weighted by Gasteiger charge is 2.15. The SMILES string of the molecule is CCOC(=O)Cc1csc(NC(=O)/C=C(\C)c2cc3c(C)c(C)oc3cc2OCC)n1. The van der Waals surface area contributed by atoms with E-state index in [0.29, 0.717) is 29.8 Å². The Kier molecular flexibility index (Phi) is 7.12. The molecule has 7 nitrogen and oxygen atoms in total. The molecule has 0 atom stereocenters. The van der Waals surface area contributed by atoms with Crippen LogP contribution >= 0.6 is 11.3 Å². The topological polar surface area (TPSA) is 90.7 Å². The van der Waals surface area contributed by atoms with Gasteiger partial charge in [0.2, 0.25) is 5.91 Å². The van der Waals surface area contributed by atoms with Crippen LogP contribution in [0, 0.1) is 13.8 Å². The molecule has 2 aromatic heterocycles. The number of fused-ring (bicyclic) bond motifs is 1. The zero-order valence-corrected chi connectivity index (χ0v) is 19.1. The Morgan fingerprint density at radius 1 is 1.23 bits per heavy atom. The number of rotatable bonds is 8. The summed E-state index contributed by atoms with van der Waals surface area (Å²) >= 11 is 1.26. The number of thiazole rings is 1. The normalized spacial score (nSPS) is 11.6. The minimum atomic E-state index is -0.343. The number of allylic oxidation sites excluding steroid dienone is 1. The van der Waals surface area contributed by atoms with Gasteiger partial charge in [-0.05, 0) is 51.8 Å². The zero-order valence-electron chi connectivity index (χ0n) is 18.3. The number of ether oxygens (including phenoxy) is 2. The van der Waals surface area contributed by atoms with E-state index in [-0.39, 0.29) is 18.3 Å². The molecule has 0 aliphatic rings. The molecule has 0 saturated heterocycles. The van der Waals surface area contributed by atoms with Crippen molar-refractivity contribution in [1.29, 1.82) is 0 Å². The predicted molar refractivity (Wildman–Crippen MR) is 122 cm³/mol. The van der Waals surface area contributed by atoms with E-state index in [9.17, 15) is 9.59 Å². The third kappa shape index (κ3) is 5.32. The standard InChI is InChI=1S/C23H26N2O5S/c1-6-28-19-11-20-18(14(4)15(5)30-20)10-17(19)13(3)8-21(26)25-23-24-16(12-31-23)9-22(27)29-7-2/h8,10-12H,6-7,9H2,1-5H3,(H,24,25,26)/b13-8+. The highest BCUT2D eigenvalue weighted by molar-refractivity contribution is 7.14. The number of carbonyl (C=O) groups is 2. The fourth-order valence-electron chi connectivity index (χ4n) is 3.17. The van der Waals surface area contributed by atoms with Crippen LogP contribution in [0.3, 0.4) is 0 Å². The Balaban J connectivity index is 1.80. The average Bonchev–Trinajstić information content (AvgIpc) is 3.25. The number of aryl methyl sites for hydroxylation is 2. The van der Waals surface area contributed by atoms with Crippen LogP contribution in [-0.2, 0) is 20.7 Å². The molecule has 0 saturated carbocycles. The number of carbonyl (C=O) groups excluding carboxylic acids is 2. The number of hydrogen-bond donors (Lipinski definition) is 1. The van der Waals surface area contributed by atoms with Crippen molar-refractivity contribution in [1.82, 2.24) is 4.98 Å². The van der Waals surface area contributed by atoms with Gasteiger partial charge in [0.25, 0.3) is 0 Å². The van der Waals surface area contributed by atoms with Gasteiger partial charge in [-0.2, -0.15) is 0 Å². The average molecular weight is 443 g/mol.